The Morgan fingerprint density at radius 3 is 2.76 bits per heavy atom. The lowest BCUT2D eigenvalue weighted by Gasteiger charge is -2.10. The van der Waals surface area contributed by atoms with Gasteiger partial charge in [0, 0.05) is 35.5 Å². The number of nitrogens with zero attached hydrogens (tertiary/aromatic N) is 1. The van der Waals surface area contributed by atoms with Crippen molar-refractivity contribution in [3.05, 3.63) is 45.2 Å². The maximum absolute atomic E-state index is 11.0. The number of aliphatic hydroxyl groups excluding tert-OH is 2. The van der Waals surface area contributed by atoms with Gasteiger partial charge in [-0.3, -0.25) is 10.1 Å². The van der Waals surface area contributed by atoms with E-state index in [0.717, 1.165) is 0 Å². The van der Waals surface area contributed by atoms with Gasteiger partial charge in [-0.1, -0.05) is 11.6 Å². The van der Waals surface area contributed by atoms with E-state index in [2.05, 4.69) is 4.98 Å². The molecule has 8 heteroatoms. The number of halogens is 1. The third-order valence-corrected chi connectivity index (χ3v) is 3.40. The molecule has 0 spiro atoms. The lowest BCUT2D eigenvalue weighted by Crippen LogP contribution is -2.15. The van der Waals surface area contributed by atoms with Gasteiger partial charge >= 0.3 is 0 Å². The highest BCUT2D eigenvalue weighted by Gasteiger charge is 2.19. The predicted molar refractivity (Wildman–Crippen MR) is 79.1 cm³/mol. The van der Waals surface area contributed by atoms with Crippen LogP contribution in [0.1, 0.15) is 5.69 Å². The molecule has 0 aliphatic carbocycles. The maximum Gasteiger partial charge on any atom is 0.292 e. The Morgan fingerprint density at radius 1 is 1.43 bits per heavy atom. The van der Waals surface area contributed by atoms with Crippen molar-refractivity contribution < 1.29 is 15.1 Å². The number of hydrogen-bond donors (Lipinski definition) is 4. The molecule has 1 unspecified atom stereocenters. The Balaban J connectivity index is 2.50. The molecule has 7 nitrogen and oxygen atoms in total. The third-order valence-electron chi connectivity index (χ3n) is 3.09. The van der Waals surface area contributed by atoms with Crippen molar-refractivity contribution in [2.24, 2.45) is 0 Å². The summed E-state index contributed by atoms with van der Waals surface area (Å²) in [4.78, 5) is 13.3. The molecule has 0 radical (unpaired) electrons. The number of aliphatic hydroxyl groups is 2. The number of nitrogen functional groups attached to an aromatic ring is 1. The molecule has 0 aliphatic heterocycles. The molecular formula is C13H14ClN3O4. The first-order valence-electron chi connectivity index (χ1n) is 6.13. The van der Waals surface area contributed by atoms with Gasteiger partial charge in [0.05, 0.1) is 22.7 Å². The highest BCUT2D eigenvalue weighted by molar-refractivity contribution is 6.33. The first kappa shape index (κ1) is 15.3. The van der Waals surface area contributed by atoms with Crippen LogP contribution >= 0.6 is 11.6 Å². The number of aromatic nitrogens is 1. The van der Waals surface area contributed by atoms with E-state index in [4.69, 9.17) is 22.4 Å². The molecule has 1 atom stereocenters. The zero-order valence-corrected chi connectivity index (χ0v) is 11.7. The number of H-pyrrole nitrogens is 1. The number of nitro groups is 1. The van der Waals surface area contributed by atoms with Gasteiger partial charge in [-0.2, -0.15) is 0 Å². The SMILES string of the molecule is Nc1cc(Cl)c(-c2cc[nH]c2CC(O)CO)cc1[N+](=O)[O-]. The van der Waals surface area contributed by atoms with Crippen molar-refractivity contribution in [3.8, 4) is 11.1 Å². The number of rotatable bonds is 5. The second-order valence-electron chi connectivity index (χ2n) is 4.56. The summed E-state index contributed by atoms with van der Waals surface area (Å²) < 4.78 is 0. The number of nitro benzene ring substituents is 1. The van der Waals surface area contributed by atoms with E-state index in [9.17, 15) is 15.2 Å². The van der Waals surface area contributed by atoms with Crippen LogP contribution in [0.2, 0.25) is 5.02 Å². The van der Waals surface area contributed by atoms with E-state index < -0.39 is 11.0 Å². The second-order valence-corrected chi connectivity index (χ2v) is 4.97. The molecule has 1 aromatic heterocycles. The van der Waals surface area contributed by atoms with Crippen LogP contribution in [0.5, 0.6) is 0 Å². The van der Waals surface area contributed by atoms with Gasteiger partial charge in [0.1, 0.15) is 5.69 Å². The molecule has 1 heterocycles. The Morgan fingerprint density at radius 2 is 2.14 bits per heavy atom. The molecule has 0 aliphatic rings. The van der Waals surface area contributed by atoms with Crippen LogP contribution in [0.25, 0.3) is 11.1 Å². The summed E-state index contributed by atoms with van der Waals surface area (Å²) in [6.07, 6.45) is 0.880. The van der Waals surface area contributed by atoms with E-state index in [1.165, 1.54) is 12.1 Å². The molecule has 1 aromatic carbocycles. The first-order valence-corrected chi connectivity index (χ1v) is 6.50. The summed E-state index contributed by atoms with van der Waals surface area (Å²) in [6.45, 7) is -0.381. The van der Waals surface area contributed by atoms with Crippen LogP contribution in [0.4, 0.5) is 11.4 Å². The van der Waals surface area contributed by atoms with Gasteiger partial charge in [-0.15, -0.1) is 0 Å². The minimum atomic E-state index is -0.926. The van der Waals surface area contributed by atoms with Gasteiger partial charge in [0.2, 0.25) is 0 Å². The minimum Gasteiger partial charge on any atom is -0.394 e. The van der Waals surface area contributed by atoms with E-state index in [0.29, 0.717) is 16.8 Å². The van der Waals surface area contributed by atoms with E-state index >= 15 is 0 Å². The van der Waals surface area contributed by atoms with Gasteiger partial charge < -0.3 is 20.9 Å². The Labute approximate surface area is 125 Å². The number of hydrogen-bond acceptors (Lipinski definition) is 5. The van der Waals surface area contributed by atoms with Gasteiger partial charge in [0.25, 0.3) is 5.69 Å². The van der Waals surface area contributed by atoms with Gasteiger partial charge in [0.15, 0.2) is 0 Å². The molecule has 21 heavy (non-hydrogen) atoms. The fourth-order valence-corrected chi connectivity index (χ4v) is 2.34. The zero-order valence-electron chi connectivity index (χ0n) is 10.9. The Hall–Kier alpha value is -2.09. The van der Waals surface area contributed by atoms with Crippen molar-refractivity contribution >= 4 is 23.0 Å². The third kappa shape index (κ3) is 3.15. The standard InChI is InChI=1S/C13H14ClN3O4/c14-10-5-11(15)13(17(20)21)4-9(10)8-1-2-16-12(8)3-7(19)6-18/h1-2,4-5,7,16,18-19H,3,6,15H2. The lowest BCUT2D eigenvalue weighted by atomic mass is 10.0. The number of anilines is 1. The molecule has 2 rings (SSSR count). The smallest absolute Gasteiger partial charge is 0.292 e. The fourth-order valence-electron chi connectivity index (χ4n) is 2.07. The van der Waals surface area contributed by atoms with Gasteiger partial charge in [-0.05, 0) is 12.1 Å². The first-order chi connectivity index (χ1) is 9.93. The number of benzene rings is 1. The monoisotopic (exact) mass is 311 g/mol. The molecule has 0 bridgehead atoms. The summed E-state index contributed by atoms with van der Waals surface area (Å²) in [5.41, 5.74) is 7.02. The molecule has 0 saturated carbocycles. The summed E-state index contributed by atoms with van der Waals surface area (Å²) in [6, 6.07) is 4.32. The number of nitrogens with one attached hydrogen (secondary N) is 1. The summed E-state index contributed by atoms with van der Waals surface area (Å²) >= 11 is 6.11. The predicted octanol–water partition coefficient (Wildman–Crippen LogP) is 1.72. The van der Waals surface area contributed by atoms with Gasteiger partial charge in [-0.25, -0.2) is 0 Å². The Kier molecular flexibility index (Phi) is 4.46. The van der Waals surface area contributed by atoms with E-state index in [1.54, 1.807) is 12.3 Å². The quantitative estimate of drug-likeness (QED) is 0.380. The van der Waals surface area contributed by atoms with Crippen molar-refractivity contribution in [2.45, 2.75) is 12.5 Å². The molecule has 0 amide bonds. The summed E-state index contributed by atoms with van der Waals surface area (Å²) in [7, 11) is 0. The van der Waals surface area contributed by atoms with Crippen LogP contribution < -0.4 is 5.73 Å². The molecule has 5 N–H and O–H groups in total. The molecule has 112 valence electrons. The lowest BCUT2D eigenvalue weighted by molar-refractivity contribution is -0.383. The van der Waals surface area contributed by atoms with Crippen molar-refractivity contribution in [1.29, 1.82) is 0 Å². The summed E-state index contributed by atoms with van der Waals surface area (Å²) in [5, 5.41) is 29.7. The molecule has 0 saturated heterocycles. The number of nitrogens with two attached hydrogens (primary N) is 1. The second kappa shape index (κ2) is 6.13. The zero-order chi connectivity index (χ0) is 15.6. The fraction of sp³-hybridized carbons (Fsp3) is 0.231. The normalized spacial score (nSPS) is 12.3. The van der Waals surface area contributed by atoms with E-state index in [1.807, 2.05) is 0 Å². The van der Waals surface area contributed by atoms with E-state index in [-0.39, 0.29) is 29.4 Å². The average Bonchev–Trinajstić information content (AvgIpc) is 2.86. The molecule has 2 aromatic rings. The van der Waals surface area contributed by atoms with Crippen molar-refractivity contribution in [1.82, 2.24) is 4.98 Å². The summed E-state index contributed by atoms with van der Waals surface area (Å²) in [5.74, 6) is 0. The largest absolute Gasteiger partial charge is 0.394 e. The molecule has 0 fully saturated rings. The maximum atomic E-state index is 11.0. The van der Waals surface area contributed by atoms with Crippen LogP contribution in [0.3, 0.4) is 0 Å². The van der Waals surface area contributed by atoms with Crippen molar-refractivity contribution in [3.63, 3.8) is 0 Å². The molecular weight excluding hydrogens is 298 g/mol. The van der Waals surface area contributed by atoms with Crippen LogP contribution in [0.15, 0.2) is 24.4 Å². The van der Waals surface area contributed by atoms with Crippen molar-refractivity contribution in [2.75, 3.05) is 12.3 Å². The van der Waals surface area contributed by atoms with Crippen LogP contribution in [0, 0.1) is 10.1 Å². The van der Waals surface area contributed by atoms with Crippen LogP contribution in [-0.2, 0) is 6.42 Å². The Bertz CT molecular complexity index is 671. The average molecular weight is 312 g/mol. The highest BCUT2D eigenvalue weighted by Crippen LogP contribution is 2.37. The minimum absolute atomic E-state index is 0.0128. The highest BCUT2D eigenvalue weighted by atomic mass is 35.5. The van der Waals surface area contributed by atoms with Crippen LogP contribution in [-0.4, -0.2) is 32.8 Å². The number of aromatic amines is 1. The topological polar surface area (TPSA) is 125 Å².